The number of anilines is 1. The lowest BCUT2D eigenvalue weighted by molar-refractivity contribution is 0.148. The summed E-state index contributed by atoms with van der Waals surface area (Å²) in [5, 5.41) is 0.223. The van der Waals surface area contributed by atoms with Crippen molar-refractivity contribution in [2.75, 3.05) is 11.9 Å². The number of hydrogen-bond acceptors (Lipinski definition) is 4. The molecule has 2 rings (SSSR count). The SMILES string of the molecule is CN(C(=O)OCc1ccccc1)c1nc(Cl)ncc1Cl. The number of carbonyl (C=O) groups excluding carboxylic acids is 1. The van der Waals surface area contributed by atoms with Crippen LogP contribution in [0.15, 0.2) is 36.5 Å². The van der Waals surface area contributed by atoms with Crippen molar-refractivity contribution in [3.8, 4) is 0 Å². The van der Waals surface area contributed by atoms with Gasteiger partial charge in [0, 0.05) is 7.05 Å². The van der Waals surface area contributed by atoms with Gasteiger partial charge in [-0.2, -0.15) is 4.98 Å². The number of halogens is 2. The Bertz CT molecular complexity index is 608. The molecule has 1 aromatic carbocycles. The molecule has 0 spiro atoms. The van der Waals surface area contributed by atoms with Crippen LogP contribution in [0.5, 0.6) is 0 Å². The van der Waals surface area contributed by atoms with Crippen LogP contribution in [-0.4, -0.2) is 23.1 Å². The fourth-order valence-electron chi connectivity index (χ4n) is 1.48. The highest BCUT2D eigenvalue weighted by Crippen LogP contribution is 2.23. The molecule has 5 nitrogen and oxygen atoms in total. The monoisotopic (exact) mass is 311 g/mol. The number of benzene rings is 1. The van der Waals surface area contributed by atoms with Gasteiger partial charge in [0.15, 0.2) is 5.82 Å². The molecular weight excluding hydrogens is 301 g/mol. The second-order valence-electron chi connectivity index (χ2n) is 3.91. The summed E-state index contributed by atoms with van der Waals surface area (Å²) in [6.45, 7) is 0.167. The van der Waals surface area contributed by atoms with Crippen molar-refractivity contribution >= 4 is 35.1 Å². The average Bonchev–Trinajstić information content (AvgIpc) is 2.47. The van der Waals surface area contributed by atoms with Crippen molar-refractivity contribution in [2.24, 2.45) is 0 Å². The van der Waals surface area contributed by atoms with E-state index >= 15 is 0 Å². The zero-order valence-corrected chi connectivity index (χ0v) is 12.1. The van der Waals surface area contributed by atoms with Gasteiger partial charge in [-0.25, -0.2) is 9.78 Å². The summed E-state index contributed by atoms with van der Waals surface area (Å²) in [7, 11) is 1.50. The first-order chi connectivity index (χ1) is 9.58. The molecule has 1 amide bonds. The topological polar surface area (TPSA) is 55.3 Å². The quantitative estimate of drug-likeness (QED) is 0.813. The smallest absolute Gasteiger partial charge is 0.415 e. The summed E-state index contributed by atoms with van der Waals surface area (Å²) < 4.78 is 5.16. The van der Waals surface area contributed by atoms with Gasteiger partial charge in [-0.3, -0.25) is 4.90 Å². The standard InChI is InChI=1S/C13H11Cl2N3O2/c1-18(11-10(14)7-16-12(15)17-11)13(19)20-8-9-5-3-2-4-6-9/h2-7H,8H2,1H3. The Morgan fingerprint density at radius 1 is 1.30 bits per heavy atom. The minimum absolute atomic E-state index is 0.00658. The van der Waals surface area contributed by atoms with Gasteiger partial charge >= 0.3 is 6.09 Å². The number of ether oxygens (including phenoxy) is 1. The van der Waals surface area contributed by atoms with Crippen molar-refractivity contribution in [3.05, 3.63) is 52.4 Å². The third-order valence-corrected chi connectivity index (χ3v) is 2.94. The Morgan fingerprint density at radius 3 is 2.70 bits per heavy atom. The van der Waals surface area contributed by atoms with Crippen LogP contribution in [0.25, 0.3) is 0 Å². The summed E-state index contributed by atoms with van der Waals surface area (Å²) >= 11 is 11.6. The molecule has 0 unspecified atom stereocenters. The molecule has 0 fully saturated rings. The second-order valence-corrected chi connectivity index (χ2v) is 4.66. The van der Waals surface area contributed by atoms with E-state index in [1.807, 2.05) is 30.3 Å². The molecule has 0 aliphatic carbocycles. The maximum atomic E-state index is 11.9. The Labute approximate surface area is 126 Å². The minimum Gasteiger partial charge on any atom is -0.444 e. The van der Waals surface area contributed by atoms with Crippen LogP contribution in [0.1, 0.15) is 5.56 Å². The first kappa shape index (κ1) is 14.6. The number of rotatable bonds is 3. The minimum atomic E-state index is -0.578. The highest BCUT2D eigenvalue weighted by Gasteiger charge is 2.17. The summed E-state index contributed by atoms with van der Waals surface area (Å²) in [6.07, 6.45) is 0.748. The van der Waals surface area contributed by atoms with Gasteiger partial charge in [0.1, 0.15) is 11.6 Å². The van der Waals surface area contributed by atoms with Gasteiger partial charge in [0.2, 0.25) is 5.28 Å². The third-order valence-electron chi connectivity index (χ3n) is 2.49. The molecule has 0 atom stereocenters. The van der Waals surface area contributed by atoms with Crippen molar-refractivity contribution in [1.82, 2.24) is 9.97 Å². The van der Waals surface area contributed by atoms with Crippen LogP contribution < -0.4 is 4.90 Å². The Hall–Kier alpha value is -1.85. The molecule has 104 valence electrons. The number of aromatic nitrogens is 2. The number of amides is 1. The normalized spacial score (nSPS) is 10.2. The van der Waals surface area contributed by atoms with Crippen molar-refractivity contribution in [3.63, 3.8) is 0 Å². The predicted octanol–water partition coefficient (Wildman–Crippen LogP) is 3.56. The maximum absolute atomic E-state index is 11.9. The summed E-state index contributed by atoms with van der Waals surface area (Å²) in [5.41, 5.74) is 0.890. The summed E-state index contributed by atoms with van der Waals surface area (Å²) in [4.78, 5) is 20.7. The first-order valence-corrected chi connectivity index (χ1v) is 6.46. The molecular formula is C13H11Cl2N3O2. The van der Waals surface area contributed by atoms with Crippen molar-refractivity contribution < 1.29 is 9.53 Å². The zero-order valence-electron chi connectivity index (χ0n) is 10.6. The summed E-state index contributed by atoms with van der Waals surface area (Å²) in [6, 6.07) is 9.35. The second kappa shape index (κ2) is 6.54. The molecule has 1 heterocycles. The Balaban J connectivity index is 2.03. The van der Waals surface area contributed by atoms with Gasteiger partial charge < -0.3 is 4.74 Å². The van der Waals surface area contributed by atoms with E-state index in [9.17, 15) is 4.79 Å². The fourth-order valence-corrected chi connectivity index (χ4v) is 1.82. The molecule has 2 aromatic rings. The lowest BCUT2D eigenvalue weighted by Crippen LogP contribution is -2.28. The molecule has 7 heteroatoms. The van der Waals surface area contributed by atoms with Gasteiger partial charge in [-0.1, -0.05) is 41.9 Å². The van der Waals surface area contributed by atoms with E-state index in [0.29, 0.717) is 0 Å². The maximum Gasteiger partial charge on any atom is 0.415 e. The highest BCUT2D eigenvalue weighted by atomic mass is 35.5. The van der Waals surface area contributed by atoms with Crippen LogP contribution in [-0.2, 0) is 11.3 Å². The van der Waals surface area contributed by atoms with E-state index in [2.05, 4.69) is 9.97 Å². The van der Waals surface area contributed by atoms with Gasteiger partial charge in [0.25, 0.3) is 0 Å². The zero-order chi connectivity index (χ0) is 14.5. The van der Waals surface area contributed by atoms with Crippen LogP contribution in [0.3, 0.4) is 0 Å². The summed E-state index contributed by atoms with van der Waals surface area (Å²) in [5.74, 6) is 0.199. The van der Waals surface area contributed by atoms with E-state index < -0.39 is 6.09 Å². The number of hydrogen-bond donors (Lipinski definition) is 0. The number of nitrogens with zero attached hydrogens (tertiary/aromatic N) is 3. The molecule has 0 aliphatic heterocycles. The fraction of sp³-hybridized carbons (Fsp3) is 0.154. The van der Waals surface area contributed by atoms with E-state index in [0.717, 1.165) is 5.56 Å². The molecule has 0 radical (unpaired) electrons. The van der Waals surface area contributed by atoms with Crippen molar-refractivity contribution in [1.29, 1.82) is 0 Å². The third kappa shape index (κ3) is 3.59. The largest absolute Gasteiger partial charge is 0.444 e. The molecule has 0 N–H and O–H groups in total. The molecule has 20 heavy (non-hydrogen) atoms. The molecule has 1 aromatic heterocycles. The molecule has 0 aliphatic rings. The molecule has 0 saturated heterocycles. The van der Waals surface area contributed by atoms with Crippen molar-refractivity contribution in [2.45, 2.75) is 6.61 Å². The first-order valence-electron chi connectivity index (χ1n) is 5.70. The van der Waals surface area contributed by atoms with Crippen LogP contribution in [0, 0.1) is 0 Å². The predicted molar refractivity (Wildman–Crippen MR) is 77.1 cm³/mol. The lowest BCUT2D eigenvalue weighted by atomic mass is 10.2. The van der Waals surface area contributed by atoms with E-state index in [4.69, 9.17) is 27.9 Å². The Morgan fingerprint density at radius 2 is 2.00 bits per heavy atom. The van der Waals surface area contributed by atoms with Crippen LogP contribution >= 0.6 is 23.2 Å². The van der Waals surface area contributed by atoms with Gasteiger partial charge in [0.05, 0.1) is 6.20 Å². The van der Waals surface area contributed by atoms with Crippen LogP contribution in [0.2, 0.25) is 10.3 Å². The van der Waals surface area contributed by atoms with E-state index in [1.165, 1.54) is 18.1 Å². The number of carbonyl (C=O) groups is 1. The van der Waals surface area contributed by atoms with Crippen LogP contribution in [0.4, 0.5) is 10.6 Å². The van der Waals surface area contributed by atoms with Gasteiger partial charge in [-0.05, 0) is 17.2 Å². The lowest BCUT2D eigenvalue weighted by Gasteiger charge is -2.17. The molecule has 0 bridgehead atoms. The molecule has 0 saturated carbocycles. The van der Waals surface area contributed by atoms with Gasteiger partial charge in [-0.15, -0.1) is 0 Å². The average molecular weight is 312 g/mol. The van der Waals surface area contributed by atoms with E-state index in [1.54, 1.807) is 0 Å². The Kier molecular flexibility index (Phi) is 4.76. The van der Waals surface area contributed by atoms with E-state index in [-0.39, 0.29) is 22.7 Å². The highest BCUT2D eigenvalue weighted by molar-refractivity contribution is 6.34.